The highest BCUT2D eigenvalue weighted by atomic mass is 35.5. The predicted molar refractivity (Wildman–Crippen MR) is 63.7 cm³/mol. The molecule has 0 saturated carbocycles. The highest BCUT2D eigenvalue weighted by Gasteiger charge is 2.16. The minimum Gasteiger partial charge on any atom is -0.387 e. The normalized spacial score (nSPS) is 12.9. The SMILES string of the molecule is CCn1ncnc1CC(O)c1sccc1Cl. The molecule has 0 aliphatic rings. The van der Waals surface area contributed by atoms with Gasteiger partial charge in [0.2, 0.25) is 0 Å². The molecule has 0 radical (unpaired) electrons. The van der Waals surface area contributed by atoms with Gasteiger partial charge in [0.15, 0.2) is 0 Å². The van der Waals surface area contributed by atoms with Crippen molar-refractivity contribution in [2.75, 3.05) is 0 Å². The largest absolute Gasteiger partial charge is 0.387 e. The maximum Gasteiger partial charge on any atom is 0.138 e. The fraction of sp³-hybridized carbons (Fsp3) is 0.400. The summed E-state index contributed by atoms with van der Waals surface area (Å²) in [6, 6.07) is 1.79. The van der Waals surface area contributed by atoms with Crippen LogP contribution < -0.4 is 0 Å². The molecule has 86 valence electrons. The highest BCUT2D eigenvalue weighted by Crippen LogP contribution is 2.30. The van der Waals surface area contributed by atoms with Crippen molar-refractivity contribution in [3.63, 3.8) is 0 Å². The molecule has 0 spiro atoms. The number of aliphatic hydroxyl groups excluding tert-OH is 1. The summed E-state index contributed by atoms with van der Waals surface area (Å²) in [5.74, 6) is 0.777. The number of aliphatic hydroxyl groups is 1. The molecule has 1 atom stereocenters. The van der Waals surface area contributed by atoms with Crippen LogP contribution in [0.1, 0.15) is 23.7 Å². The lowest BCUT2D eigenvalue weighted by molar-refractivity contribution is 0.178. The second-order valence-corrected chi connectivity index (χ2v) is 4.70. The van der Waals surface area contributed by atoms with Gasteiger partial charge in [-0.1, -0.05) is 11.6 Å². The number of hydrogen-bond donors (Lipinski definition) is 1. The first kappa shape index (κ1) is 11.6. The number of thiophene rings is 1. The highest BCUT2D eigenvalue weighted by molar-refractivity contribution is 7.10. The van der Waals surface area contributed by atoms with Crippen LogP contribution in [0.4, 0.5) is 0 Å². The van der Waals surface area contributed by atoms with E-state index in [4.69, 9.17) is 11.6 Å². The predicted octanol–water partition coefficient (Wildman–Crippen LogP) is 2.29. The van der Waals surface area contributed by atoms with Crippen LogP contribution in [0.5, 0.6) is 0 Å². The van der Waals surface area contributed by atoms with Gasteiger partial charge in [0.05, 0.1) is 16.0 Å². The van der Waals surface area contributed by atoms with Crippen molar-refractivity contribution in [2.45, 2.75) is 26.0 Å². The lowest BCUT2D eigenvalue weighted by Gasteiger charge is -2.09. The summed E-state index contributed by atoms with van der Waals surface area (Å²) in [6.07, 6.45) is 1.33. The molecule has 16 heavy (non-hydrogen) atoms. The monoisotopic (exact) mass is 257 g/mol. The summed E-state index contributed by atoms with van der Waals surface area (Å²) in [7, 11) is 0. The quantitative estimate of drug-likeness (QED) is 0.914. The van der Waals surface area contributed by atoms with Gasteiger partial charge < -0.3 is 5.11 Å². The molecule has 0 bridgehead atoms. The van der Waals surface area contributed by atoms with E-state index in [1.54, 1.807) is 10.7 Å². The zero-order chi connectivity index (χ0) is 11.5. The first-order valence-electron chi connectivity index (χ1n) is 5.00. The van der Waals surface area contributed by atoms with Crippen LogP contribution in [0.15, 0.2) is 17.8 Å². The first-order valence-corrected chi connectivity index (χ1v) is 6.25. The van der Waals surface area contributed by atoms with E-state index in [0.29, 0.717) is 11.4 Å². The Balaban J connectivity index is 2.13. The van der Waals surface area contributed by atoms with Crippen molar-refractivity contribution >= 4 is 22.9 Å². The third-order valence-electron chi connectivity index (χ3n) is 2.32. The van der Waals surface area contributed by atoms with E-state index in [-0.39, 0.29) is 0 Å². The molecular formula is C10H12ClN3OS. The fourth-order valence-electron chi connectivity index (χ4n) is 1.52. The average molecular weight is 258 g/mol. The summed E-state index contributed by atoms with van der Waals surface area (Å²) in [6.45, 7) is 2.74. The molecule has 2 heterocycles. The molecule has 1 N–H and O–H groups in total. The van der Waals surface area contributed by atoms with Gasteiger partial charge >= 0.3 is 0 Å². The van der Waals surface area contributed by atoms with E-state index in [1.165, 1.54) is 17.7 Å². The van der Waals surface area contributed by atoms with Crippen molar-refractivity contribution in [1.82, 2.24) is 14.8 Å². The Hall–Kier alpha value is -0.910. The molecule has 0 aromatic carbocycles. The van der Waals surface area contributed by atoms with Crippen molar-refractivity contribution in [3.05, 3.63) is 33.5 Å². The van der Waals surface area contributed by atoms with Crippen molar-refractivity contribution in [1.29, 1.82) is 0 Å². The Labute approximate surface area is 103 Å². The summed E-state index contributed by atoms with van der Waals surface area (Å²) in [5, 5.41) is 16.6. The fourth-order valence-corrected chi connectivity index (χ4v) is 2.69. The molecule has 0 aliphatic carbocycles. The number of hydrogen-bond acceptors (Lipinski definition) is 4. The standard InChI is InChI=1S/C10H12ClN3OS/c1-2-14-9(12-6-13-14)5-8(15)10-7(11)3-4-16-10/h3-4,6,8,15H,2,5H2,1H3. The van der Waals surface area contributed by atoms with Crippen LogP contribution >= 0.6 is 22.9 Å². The first-order chi connectivity index (χ1) is 7.72. The van der Waals surface area contributed by atoms with Crippen LogP contribution in [-0.4, -0.2) is 19.9 Å². The summed E-state index contributed by atoms with van der Waals surface area (Å²) < 4.78 is 1.77. The lowest BCUT2D eigenvalue weighted by atomic mass is 10.2. The number of halogens is 1. The number of aromatic nitrogens is 3. The maximum absolute atomic E-state index is 10.0. The van der Waals surface area contributed by atoms with E-state index < -0.39 is 6.10 Å². The molecule has 2 aromatic heterocycles. The van der Waals surface area contributed by atoms with E-state index >= 15 is 0 Å². The van der Waals surface area contributed by atoms with Gasteiger partial charge in [-0.05, 0) is 18.4 Å². The Kier molecular flexibility index (Phi) is 3.58. The van der Waals surface area contributed by atoms with Crippen molar-refractivity contribution in [2.24, 2.45) is 0 Å². The van der Waals surface area contributed by atoms with Gasteiger partial charge in [-0.2, -0.15) is 5.10 Å². The smallest absolute Gasteiger partial charge is 0.138 e. The van der Waals surface area contributed by atoms with E-state index in [1.807, 2.05) is 12.3 Å². The number of rotatable bonds is 4. The minimum atomic E-state index is -0.609. The molecule has 4 nitrogen and oxygen atoms in total. The van der Waals surface area contributed by atoms with Crippen LogP contribution in [0.2, 0.25) is 5.02 Å². The minimum absolute atomic E-state index is 0.439. The Morgan fingerprint density at radius 2 is 2.44 bits per heavy atom. The second-order valence-electron chi connectivity index (χ2n) is 3.34. The summed E-state index contributed by atoms with van der Waals surface area (Å²) in [4.78, 5) is 4.90. The van der Waals surface area contributed by atoms with Crippen molar-refractivity contribution < 1.29 is 5.11 Å². The molecule has 0 aliphatic heterocycles. The van der Waals surface area contributed by atoms with Gasteiger partial charge in [0.25, 0.3) is 0 Å². The molecule has 2 aromatic rings. The van der Waals surface area contributed by atoms with E-state index in [0.717, 1.165) is 17.2 Å². The number of aryl methyl sites for hydroxylation is 1. The zero-order valence-electron chi connectivity index (χ0n) is 8.80. The Morgan fingerprint density at radius 1 is 1.62 bits per heavy atom. The summed E-state index contributed by atoms with van der Waals surface area (Å²) in [5.41, 5.74) is 0. The molecule has 2 rings (SSSR count). The van der Waals surface area contributed by atoms with Crippen molar-refractivity contribution in [3.8, 4) is 0 Å². The molecule has 6 heteroatoms. The maximum atomic E-state index is 10.0. The molecule has 1 unspecified atom stereocenters. The van der Waals surface area contributed by atoms with E-state index in [9.17, 15) is 5.11 Å². The van der Waals surface area contributed by atoms with Crippen LogP contribution in [-0.2, 0) is 13.0 Å². The van der Waals surface area contributed by atoms with Gasteiger partial charge in [-0.25, -0.2) is 4.98 Å². The third kappa shape index (κ3) is 2.26. The molecule has 0 amide bonds. The van der Waals surface area contributed by atoms with Gasteiger partial charge in [0, 0.05) is 13.0 Å². The third-order valence-corrected chi connectivity index (χ3v) is 3.78. The Bertz CT molecular complexity index is 468. The number of nitrogens with zero attached hydrogens (tertiary/aromatic N) is 3. The lowest BCUT2D eigenvalue weighted by Crippen LogP contribution is -2.08. The van der Waals surface area contributed by atoms with Crippen LogP contribution in [0.3, 0.4) is 0 Å². The second kappa shape index (κ2) is 4.95. The molecule has 0 fully saturated rings. The zero-order valence-corrected chi connectivity index (χ0v) is 10.4. The van der Waals surface area contributed by atoms with Crippen LogP contribution in [0.25, 0.3) is 0 Å². The topological polar surface area (TPSA) is 50.9 Å². The molecular weight excluding hydrogens is 246 g/mol. The van der Waals surface area contributed by atoms with Gasteiger partial charge in [-0.3, -0.25) is 4.68 Å². The van der Waals surface area contributed by atoms with Crippen LogP contribution in [0, 0.1) is 0 Å². The average Bonchev–Trinajstić information content (AvgIpc) is 2.86. The van der Waals surface area contributed by atoms with Gasteiger partial charge in [-0.15, -0.1) is 11.3 Å². The molecule has 0 saturated heterocycles. The summed E-state index contributed by atoms with van der Waals surface area (Å²) >= 11 is 7.41. The Morgan fingerprint density at radius 3 is 3.06 bits per heavy atom. The van der Waals surface area contributed by atoms with Gasteiger partial charge in [0.1, 0.15) is 12.2 Å². The van der Waals surface area contributed by atoms with E-state index in [2.05, 4.69) is 10.1 Å².